The molecule has 0 bridgehead atoms. The minimum Gasteiger partial charge on any atom is -0.481 e. The highest BCUT2D eigenvalue weighted by atomic mass is 19.1. The predicted molar refractivity (Wildman–Crippen MR) is 67.2 cm³/mol. The van der Waals surface area contributed by atoms with Crippen LogP contribution in [-0.4, -0.2) is 36.5 Å². The number of nitrogens with zero attached hydrogens (tertiary/aromatic N) is 1. The molecule has 1 saturated heterocycles. The molecule has 106 valence electrons. The first-order valence-corrected chi connectivity index (χ1v) is 6.22. The second kappa shape index (κ2) is 5.40. The number of rotatable bonds is 3. The van der Waals surface area contributed by atoms with Crippen LogP contribution in [-0.2, 0) is 10.3 Å². The fraction of sp³-hybridized carbons (Fsp3) is 0.615. The summed E-state index contributed by atoms with van der Waals surface area (Å²) in [6.07, 6.45) is 1.66. The van der Waals surface area contributed by atoms with E-state index in [-0.39, 0.29) is 36.7 Å². The van der Waals surface area contributed by atoms with Gasteiger partial charge >= 0.3 is 0 Å². The zero-order valence-electron chi connectivity index (χ0n) is 11.1. The van der Waals surface area contributed by atoms with Gasteiger partial charge in [-0.3, -0.25) is 0 Å². The molecular formula is C13H19FN2O3. The number of methoxy groups -OCH3 is 1. The van der Waals surface area contributed by atoms with Crippen LogP contribution in [0.4, 0.5) is 4.39 Å². The molecule has 0 saturated carbocycles. The van der Waals surface area contributed by atoms with Crippen molar-refractivity contribution in [3.8, 4) is 5.88 Å². The second-order valence-electron chi connectivity index (χ2n) is 4.98. The number of nitrogens with two attached hydrogens (primary N) is 1. The van der Waals surface area contributed by atoms with E-state index in [0.717, 1.165) is 6.20 Å². The number of halogens is 1. The second-order valence-corrected chi connectivity index (χ2v) is 4.98. The van der Waals surface area contributed by atoms with Crippen LogP contribution in [0, 0.1) is 11.7 Å². The van der Waals surface area contributed by atoms with Gasteiger partial charge in [-0.25, -0.2) is 9.37 Å². The summed E-state index contributed by atoms with van der Waals surface area (Å²) >= 11 is 0. The Balaban J connectivity index is 2.42. The summed E-state index contributed by atoms with van der Waals surface area (Å²) in [6, 6.07) is 1.47. The third-order valence-corrected chi connectivity index (χ3v) is 3.71. The Bertz CT molecular complexity index is 458. The molecule has 0 amide bonds. The molecule has 2 rings (SSSR count). The van der Waals surface area contributed by atoms with E-state index in [1.165, 1.54) is 13.2 Å². The first kappa shape index (κ1) is 14.2. The predicted octanol–water partition coefficient (Wildman–Crippen LogP) is 0.801. The van der Waals surface area contributed by atoms with E-state index < -0.39 is 11.4 Å². The van der Waals surface area contributed by atoms with Gasteiger partial charge in [-0.1, -0.05) is 0 Å². The molecule has 0 spiro atoms. The van der Waals surface area contributed by atoms with Crippen LogP contribution in [0.5, 0.6) is 5.88 Å². The SMILES string of the molecule is COc1cc([C@]2(N)CO[C@@H](C)C[C@H]2CO)c(F)cn1. The maximum absolute atomic E-state index is 14.0. The largest absolute Gasteiger partial charge is 0.481 e. The van der Waals surface area contributed by atoms with Gasteiger partial charge in [0, 0.05) is 24.2 Å². The highest BCUT2D eigenvalue weighted by molar-refractivity contribution is 5.31. The summed E-state index contributed by atoms with van der Waals surface area (Å²) in [7, 11) is 1.45. The molecule has 0 aromatic carbocycles. The molecule has 0 radical (unpaired) electrons. The Labute approximate surface area is 111 Å². The van der Waals surface area contributed by atoms with Crippen molar-refractivity contribution >= 4 is 0 Å². The van der Waals surface area contributed by atoms with Crippen LogP contribution in [0.1, 0.15) is 18.9 Å². The van der Waals surface area contributed by atoms with Gasteiger partial charge < -0.3 is 20.3 Å². The van der Waals surface area contributed by atoms with E-state index in [9.17, 15) is 9.50 Å². The Kier molecular flexibility index (Phi) is 4.03. The van der Waals surface area contributed by atoms with Crippen LogP contribution >= 0.6 is 0 Å². The lowest BCUT2D eigenvalue weighted by atomic mass is 9.75. The van der Waals surface area contributed by atoms with E-state index >= 15 is 0 Å². The van der Waals surface area contributed by atoms with E-state index in [4.69, 9.17) is 15.2 Å². The zero-order valence-corrected chi connectivity index (χ0v) is 11.1. The van der Waals surface area contributed by atoms with Crippen molar-refractivity contribution in [2.45, 2.75) is 25.0 Å². The third kappa shape index (κ3) is 2.56. The lowest BCUT2D eigenvalue weighted by Gasteiger charge is -2.43. The third-order valence-electron chi connectivity index (χ3n) is 3.71. The van der Waals surface area contributed by atoms with Gasteiger partial charge in [-0.15, -0.1) is 0 Å². The van der Waals surface area contributed by atoms with Gasteiger partial charge in [0.2, 0.25) is 5.88 Å². The molecule has 1 fully saturated rings. The number of hydrogen-bond donors (Lipinski definition) is 2. The van der Waals surface area contributed by atoms with Gasteiger partial charge in [0.1, 0.15) is 5.82 Å². The van der Waals surface area contributed by atoms with E-state index in [1.807, 2.05) is 6.92 Å². The van der Waals surface area contributed by atoms with Gasteiger partial charge in [0.15, 0.2) is 0 Å². The van der Waals surface area contributed by atoms with E-state index in [1.54, 1.807) is 0 Å². The molecule has 1 aromatic heterocycles. The van der Waals surface area contributed by atoms with Crippen LogP contribution in [0.3, 0.4) is 0 Å². The normalized spacial score (nSPS) is 31.2. The number of aliphatic hydroxyl groups is 1. The fourth-order valence-electron chi connectivity index (χ4n) is 2.50. The average molecular weight is 270 g/mol. The molecule has 3 N–H and O–H groups in total. The van der Waals surface area contributed by atoms with Gasteiger partial charge in [0.25, 0.3) is 0 Å². The monoisotopic (exact) mass is 270 g/mol. The Morgan fingerprint density at radius 1 is 1.68 bits per heavy atom. The van der Waals surface area contributed by atoms with Crippen molar-refractivity contribution in [3.63, 3.8) is 0 Å². The van der Waals surface area contributed by atoms with Gasteiger partial charge in [-0.2, -0.15) is 0 Å². The summed E-state index contributed by atoms with van der Waals surface area (Å²) in [5.74, 6) is -0.491. The van der Waals surface area contributed by atoms with E-state index in [0.29, 0.717) is 6.42 Å². The summed E-state index contributed by atoms with van der Waals surface area (Å²) in [5, 5.41) is 9.52. The molecule has 6 heteroatoms. The summed E-state index contributed by atoms with van der Waals surface area (Å²) in [4.78, 5) is 3.79. The molecule has 1 aromatic rings. The molecule has 0 unspecified atom stereocenters. The topological polar surface area (TPSA) is 77.6 Å². The van der Waals surface area contributed by atoms with Crippen LogP contribution < -0.4 is 10.5 Å². The smallest absolute Gasteiger partial charge is 0.213 e. The minimum absolute atomic E-state index is 0.000573. The molecule has 5 nitrogen and oxygen atoms in total. The van der Waals surface area contributed by atoms with Crippen molar-refractivity contribution in [1.82, 2.24) is 4.98 Å². The summed E-state index contributed by atoms with van der Waals surface area (Å²) in [5.41, 5.74) is 5.51. The van der Waals surface area contributed by atoms with Crippen LogP contribution in [0.15, 0.2) is 12.3 Å². The lowest BCUT2D eigenvalue weighted by molar-refractivity contribution is -0.0680. The standard InChI is InChI=1S/C13H19FN2O3/c1-8-3-9(6-17)13(15,7-19-8)10-4-12(18-2)16-5-11(10)14/h4-5,8-9,17H,3,6-7,15H2,1-2H3/t8-,9-,13-/m0/s1. The van der Waals surface area contributed by atoms with Crippen molar-refractivity contribution in [3.05, 3.63) is 23.6 Å². The molecule has 2 heterocycles. The molecule has 1 aliphatic rings. The first-order chi connectivity index (χ1) is 9.01. The van der Waals surface area contributed by atoms with Crippen LogP contribution in [0.25, 0.3) is 0 Å². The molecule has 3 atom stereocenters. The number of aliphatic hydroxyl groups excluding tert-OH is 1. The van der Waals surface area contributed by atoms with Gasteiger partial charge in [0.05, 0.1) is 31.6 Å². The van der Waals surface area contributed by atoms with Crippen molar-refractivity contribution in [2.24, 2.45) is 11.7 Å². The van der Waals surface area contributed by atoms with Gasteiger partial charge in [-0.05, 0) is 13.3 Å². The zero-order chi connectivity index (χ0) is 14.0. The maximum atomic E-state index is 14.0. The number of aromatic nitrogens is 1. The Morgan fingerprint density at radius 2 is 2.42 bits per heavy atom. The molecule has 19 heavy (non-hydrogen) atoms. The fourth-order valence-corrected chi connectivity index (χ4v) is 2.50. The van der Waals surface area contributed by atoms with Crippen LogP contribution in [0.2, 0.25) is 0 Å². The summed E-state index contributed by atoms with van der Waals surface area (Å²) in [6.45, 7) is 1.95. The quantitative estimate of drug-likeness (QED) is 0.849. The highest BCUT2D eigenvalue weighted by Gasteiger charge is 2.43. The molecule has 1 aliphatic heterocycles. The van der Waals surface area contributed by atoms with Crippen molar-refractivity contribution < 1.29 is 19.0 Å². The Hall–Kier alpha value is -1.24. The average Bonchev–Trinajstić information content (AvgIpc) is 2.42. The van der Waals surface area contributed by atoms with E-state index in [2.05, 4.69) is 4.98 Å². The minimum atomic E-state index is -1.07. The summed E-state index contributed by atoms with van der Waals surface area (Å²) < 4.78 is 24.6. The lowest BCUT2D eigenvalue weighted by Crippen LogP contribution is -2.54. The molecule has 0 aliphatic carbocycles. The number of pyridine rings is 1. The molecular weight excluding hydrogens is 251 g/mol. The van der Waals surface area contributed by atoms with Crippen molar-refractivity contribution in [1.29, 1.82) is 0 Å². The van der Waals surface area contributed by atoms with Crippen molar-refractivity contribution in [2.75, 3.05) is 20.3 Å². The maximum Gasteiger partial charge on any atom is 0.213 e. The number of hydrogen-bond acceptors (Lipinski definition) is 5. The Morgan fingerprint density at radius 3 is 3.05 bits per heavy atom. The highest BCUT2D eigenvalue weighted by Crippen LogP contribution is 2.37. The first-order valence-electron chi connectivity index (χ1n) is 6.22. The number of ether oxygens (including phenoxy) is 2.